The second-order valence-electron chi connectivity index (χ2n) is 5.31. The van der Waals surface area contributed by atoms with Crippen LogP contribution >= 0.6 is 0 Å². The SMILES string of the molecule is CC(C)c1ccc(C(=O)NC2CC(C(=O)O)C2)nc1. The minimum atomic E-state index is -0.787. The molecule has 5 nitrogen and oxygen atoms in total. The summed E-state index contributed by atoms with van der Waals surface area (Å²) < 4.78 is 0. The van der Waals surface area contributed by atoms with E-state index < -0.39 is 5.97 Å². The Hall–Kier alpha value is -1.91. The van der Waals surface area contributed by atoms with E-state index in [4.69, 9.17) is 5.11 Å². The van der Waals surface area contributed by atoms with Crippen LogP contribution in [-0.4, -0.2) is 28.0 Å². The molecular weight excluding hydrogens is 244 g/mol. The lowest BCUT2D eigenvalue weighted by Crippen LogP contribution is -2.46. The molecule has 0 atom stereocenters. The number of carboxylic acids is 1. The number of pyridine rings is 1. The molecule has 2 rings (SSSR count). The first-order valence-electron chi connectivity index (χ1n) is 6.47. The standard InChI is InChI=1S/C14H18N2O3/c1-8(2)9-3-4-12(15-7-9)13(17)16-11-5-10(6-11)14(18)19/h3-4,7-8,10-11H,5-6H2,1-2H3,(H,16,17)(H,18,19). The first-order valence-corrected chi connectivity index (χ1v) is 6.47. The third kappa shape index (κ3) is 3.10. The molecule has 1 aromatic rings. The molecule has 1 amide bonds. The van der Waals surface area contributed by atoms with Gasteiger partial charge >= 0.3 is 5.97 Å². The van der Waals surface area contributed by atoms with Gasteiger partial charge in [0.25, 0.3) is 5.91 Å². The molecule has 0 aliphatic heterocycles. The number of hydrogen-bond acceptors (Lipinski definition) is 3. The molecule has 19 heavy (non-hydrogen) atoms. The molecule has 0 spiro atoms. The maximum atomic E-state index is 11.9. The van der Waals surface area contributed by atoms with Crippen molar-refractivity contribution in [3.63, 3.8) is 0 Å². The summed E-state index contributed by atoms with van der Waals surface area (Å²) in [5.41, 5.74) is 1.47. The number of nitrogens with zero attached hydrogens (tertiary/aromatic N) is 1. The fraction of sp³-hybridized carbons (Fsp3) is 0.500. The van der Waals surface area contributed by atoms with E-state index >= 15 is 0 Å². The maximum Gasteiger partial charge on any atom is 0.306 e. The van der Waals surface area contributed by atoms with E-state index in [2.05, 4.69) is 24.1 Å². The number of carbonyl (C=O) groups is 2. The van der Waals surface area contributed by atoms with Gasteiger partial charge in [-0.1, -0.05) is 19.9 Å². The summed E-state index contributed by atoms with van der Waals surface area (Å²) in [6.45, 7) is 4.13. The smallest absolute Gasteiger partial charge is 0.306 e. The topological polar surface area (TPSA) is 79.3 Å². The van der Waals surface area contributed by atoms with Crippen molar-refractivity contribution in [1.29, 1.82) is 0 Å². The predicted octanol–water partition coefficient (Wildman–Crippen LogP) is 1.80. The highest BCUT2D eigenvalue weighted by atomic mass is 16.4. The summed E-state index contributed by atoms with van der Waals surface area (Å²) in [7, 11) is 0. The zero-order valence-electron chi connectivity index (χ0n) is 11.1. The number of aliphatic carboxylic acids is 1. The van der Waals surface area contributed by atoms with Crippen molar-refractivity contribution in [3.8, 4) is 0 Å². The van der Waals surface area contributed by atoms with Gasteiger partial charge < -0.3 is 10.4 Å². The predicted molar refractivity (Wildman–Crippen MR) is 69.9 cm³/mol. The Labute approximate surface area is 112 Å². The van der Waals surface area contributed by atoms with Crippen LogP contribution in [0.1, 0.15) is 48.7 Å². The molecule has 1 saturated carbocycles. The number of carbonyl (C=O) groups excluding carboxylic acids is 1. The van der Waals surface area contributed by atoms with Crippen LogP contribution < -0.4 is 5.32 Å². The van der Waals surface area contributed by atoms with Crippen LogP contribution in [-0.2, 0) is 4.79 Å². The molecule has 1 aliphatic rings. The van der Waals surface area contributed by atoms with Gasteiger partial charge in [-0.2, -0.15) is 0 Å². The van der Waals surface area contributed by atoms with Gasteiger partial charge in [0.15, 0.2) is 0 Å². The summed E-state index contributed by atoms with van der Waals surface area (Å²) in [5.74, 6) is -0.955. The highest BCUT2D eigenvalue weighted by molar-refractivity contribution is 5.92. The molecule has 0 bridgehead atoms. The summed E-state index contributed by atoms with van der Waals surface area (Å²) in [6, 6.07) is 3.56. The van der Waals surface area contributed by atoms with E-state index in [9.17, 15) is 9.59 Å². The second kappa shape index (κ2) is 5.38. The molecule has 1 aromatic heterocycles. The molecule has 1 aliphatic carbocycles. The van der Waals surface area contributed by atoms with Crippen LogP contribution in [0.4, 0.5) is 0 Å². The Morgan fingerprint density at radius 3 is 2.53 bits per heavy atom. The minimum absolute atomic E-state index is 0.0415. The zero-order chi connectivity index (χ0) is 14.0. The van der Waals surface area contributed by atoms with Crippen molar-refractivity contribution >= 4 is 11.9 Å². The Bertz CT molecular complexity index is 476. The minimum Gasteiger partial charge on any atom is -0.481 e. The van der Waals surface area contributed by atoms with Crippen molar-refractivity contribution in [2.24, 2.45) is 5.92 Å². The average molecular weight is 262 g/mol. The fourth-order valence-electron chi connectivity index (χ4n) is 2.08. The number of hydrogen-bond donors (Lipinski definition) is 2. The molecule has 1 fully saturated rings. The Kier molecular flexibility index (Phi) is 3.83. The summed E-state index contributed by atoms with van der Waals surface area (Å²) >= 11 is 0. The number of carboxylic acid groups (broad SMARTS) is 1. The van der Waals surface area contributed by atoms with Crippen molar-refractivity contribution < 1.29 is 14.7 Å². The number of aromatic nitrogens is 1. The highest BCUT2D eigenvalue weighted by Gasteiger charge is 2.35. The molecule has 0 radical (unpaired) electrons. The van der Waals surface area contributed by atoms with E-state index in [1.165, 1.54) is 0 Å². The Morgan fingerprint density at radius 2 is 2.05 bits per heavy atom. The number of amides is 1. The third-order valence-electron chi connectivity index (χ3n) is 3.51. The summed E-state index contributed by atoms with van der Waals surface area (Å²) in [6.07, 6.45) is 2.72. The van der Waals surface area contributed by atoms with Gasteiger partial charge in [-0.15, -0.1) is 0 Å². The largest absolute Gasteiger partial charge is 0.481 e. The van der Waals surface area contributed by atoms with E-state index in [1.807, 2.05) is 6.07 Å². The first kappa shape index (κ1) is 13.5. The third-order valence-corrected chi connectivity index (χ3v) is 3.51. The van der Waals surface area contributed by atoms with Gasteiger partial charge in [0, 0.05) is 12.2 Å². The monoisotopic (exact) mass is 262 g/mol. The van der Waals surface area contributed by atoms with Crippen LogP contribution in [0.15, 0.2) is 18.3 Å². The maximum absolute atomic E-state index is 11.9. The zero-order valence-corrected chi connectivity index (χ0v) is 11.1. The molecule has 1 heterocycles. The van der Waals surface area contributed by atoms with Gasteiger partial charge in [-0.3, -0.25) is 14.6 Å². The lowest BCUT2D eigenvalue weighted by molar-refractivity contribution is -0.145. The lowest BCUT2D eigenvalue weighted by atomic mass is 9.80. The van der Waals surface area contributed by atoms with Crippen LogP contribution in [0.3, 0.4) is 0 Å². The van der Waals surface area contributed by atoms with Crippen LogP contribution in [0.25, 0.3) is 0 Å². The molecule has 2 N–H and O–H groups in total. The average Bonchev–Trinajstić information content (AvgIpc) is 2.32. The molecule has 102 valence electrons. The Balaban J connectivity index is 1.89. The summed E-state index contributed by atoms with van der Waals surface area (Å²) in [4.78, 5) is 26.7. The van der Waals surface area contributed by atoms with Crippen LogP contribution in [0, 0.1) is 5.92 Å². The molecule has 0 aromatic carbocycles. The quantitative estimate of drug-likeness (QED) is 0.867. The van der Waals surface area contributed by atoms with Crippen LogP contribution in [0.2, 0.25) is 0 Å². The van der Waals surface area contributed by atoms with E-state index in [1.54, 1.807) is 12.3 Å². The lowest BCUT2D eigenvalue weighted by Gasteiger charge is -2.32. The van der Waals surface area contributed by atoms with E-state index in [0.29, 0.717) is 24.5 Å². The fourth-order valence-corrected chi connectivity index (χ4v) is 2.08. The van der Waals surface area contributed by atoms with Crippen molar-refractivity contribution in [2.45, 2.75) is 38.6 Å². The molecular formula is C14H18N2O3. The first-order chi connectivity index (χ1) is 8.97. The molecule has 5 heteroatoms. The summed E-state index contributed by atoms with van der Waals surface area (Å²) in [5, 5.41) is 11.6. The normalized spacial score (nSPS) is 21.8. The number of rotatable bonds is 4. The van der Waals surface area contributed by atoms with Gasteiger partial charge in [0.1, 0.15) is 5.69 Å². The van der Waals surface area contributed by atoms with Gasteiger partial charge in [0.2, 0.25) is 0 Å². The van der Waals surface area contributed by atoms with Crippen LogP contribution in [0.5, 0.6) is 0 Å². The van der Waals surface area contributed by atoms with Gasteiger partial charge in [-0.05, 0) is 30.4 Å². The Morgan fingerprint density at radius 1 is 1.37 bits per heavy atom. The van der Waals surface area contributed by atoms with Gasteiger partial charge in [0.05, 0.1) is 5.92 Å². The highest BCUT2D eigenvalue weighted by Crippen LogP contribution is 2.27. The van der Waals surface area contributed by atoms with Crippen molar-refractivity contribution in [1.82, 2.24) is 10.3 Å². The number of nitrogens with one attached hydrogen (secondary N) is 1. The van der Waals surface area contributed by atoms with E-state index in [-0.39, 0.29) is 17.9 Å². The van der Waals surface area contributed by atoms with Crippen molar-refractivity contribution in [3.05, 3.63) is 29.6 Å². The van der Waals surface area contributed by atoms with E-state index in [0.717, 1.165) is 5.56 Å². The molecule has 0 unspecified atom stereocenters. The van der Waals surface area contributed by atoms with Gasteiger partial charge in [-0.25, -0.2) is 0 Å². The van der Waals surface area contributed by atoms with Crippen molar-refractivity contribution in [2.75, 3.05) is 0 Å². The molecule has 0 saturated heterocycles. The second-order valence-corrected chi connectivity index (χ2v) is 5.31.